The lowest BCUT2D eigenvalue weighted by atomic mass is 10.2. The maximum Gasteiger partial charge on any atom is 0.133 e. The molecule has 0 amide bonds. The molecule has 2 rings (SSSR count). The monoisotopic (exact) mass is 306 g/mol. The number of hydrogen-bond donors (Lipinski definition) is 1. The van der Waals surface area contributed by atoms with Gasteiger partial charge in [-0.2, -0.15) is 0 Å². The summed E-state index contributed by atoms with van der Waals surface area (Å²) in [4.78, 5) is 4.10. The summed E-state index contributed by atoms with van der Waals surface area (Å²) in [6.07, 6.45) is 4.64. The number of hydrogen-bond acceptors (Lipinski definition) is 3. The van der Waals surface area contributed by atoms with Crippen LogP contribution in [0.4, 0.5) is 5.69 Å². The van der Waals surface area contributed by atoms with Crippen molar-refractivity contribution in [1.82, 2.24) is 4.98 Å². The second-order valence-electron chi connectivity index (χ2n) is 3.89. The summed E-state index contributed by atoms with van der Waals surface area (Å²) in [6, 6.07) is 10.0. The highest BCUT2D eigenvalue weighted by atomic mass is 79.9. The predicted octanol–water partition coefficient (Wildman–Crippen LogP) is 3.51. The van der Waals surface area contributed by atoms with Crippen LogP contribution in [0, 0.1) is 0 Å². The maximum atomic E-state index is 5.19. The van der Waals surface area contributed by atoms with Gasteiger partial charge in [0.15, 0.2) is 0 Å². The van der Waals surface area contributed by atoms with Crippen molar-refractivity contribution in [2.75, 3.05) is 19.0 Å². The van der Waals surface area contributed by atoms with Crippen LogP contribution in [-0.4, -0.2) is 18.6 Å². The molecule has 0 atom stereocenters. The summed E-state index contributed by atoms with van der Waals surface area (Å²) < 4.78 is 6.15. The van der Waals surface area contributed by atoms with Gasteiger partial charge in [0.25, 0.3) is 0 Å². The van der Waals surface area contributed by atoms with Crippen LogP contribution in [0.1, 0.15) is 5.56 Å². The van der Waals surface area contributed by atoms with Crippen molar-refractivity contribution in [1.29, 1.82) is 0 Å². The number of nitrogens with one attached hydrogen (secondary N) is 1. The number of halogens is 1. The van der Waals surface area contributed by atoms with E-state index in [9.17, 15) is 0 Å². The minimum absolute atomic E-state index is 0.841. The minimum Gasteiger partial charge on any atom is -0.496 e. The SMILES string of the molecule is COc1ccc(NCCc2cccnc2)cc1Br. The molecule has 4 heteroatoms. The molecule has 0 saturated carbocycles. The van der Waals surface area contributed by atoms with Crippen LogP contribution < -0.4 is 10.1 Å². The second kappa shape index (κ2) is 6.40. The molecule has 1 aromatic heterocycles. The van der Waals surface area contributed by atoms with Gasteiger partial charge in [-0.15, -0.1) is 0 Å². The van der Waals surface area contributed by atoms with Crippen molar-refractivity contribution in [3.05, 3.63) is 52.8 Å². The molecule has 1 N–H and O–H groups in total. The molecule has 0 spiro atoms. The smallest absolute Gasteiger partial charge is 0.133 e. The Kier molecular flexibility index (Phi) is 4.59. The van der Waals surface area contributed by atoms with Gasteiger partial charge in [-0.05, 0) is 52.2 Å². The zero-order chi connectivity index (χ0) is 12.8. The molecule has 3 nitrogen and oxygen atoms in total. The summed E-state index contributed by atoms with van der Waals surface area (Å²) in [6.45, 7) is 0.879. The van der Waals surface area contributed by atoms with Crippen molar-refractivity contribution in [2.24, 2.45) is 0 Å². The number of nitrogens with zero attached hydrogens (tertiary/aromatic N) is 1. The first-order chi connectivity index (χ1) is 8.79. The van der Waals surface area contributed by atoms with E-state index in [-0.39, 0.29) is 0 Å². The molecule has 0 radical (unpaired) electrons. The van der Waals surface area contributed by atoms with Crippen LogP contribution in [0.2, 0.25) is 0 Å². The fraction of sp³-hybridized carbons (Fsp3) is 0.214. The molecule has 1 aromatic carbocycles. The molecule has 0 bridgehead atoms. The van der Waals surface area contributed by atoms with Crippen molar-refractivity contribution >= 4 is 21.6 Å². The highest BCUT2D eigenvalue weighted by Gasteiger charge is 2.00. The van der Waals surface area contributed by atoms with Crippen molar-refractivity contribution < 1.29 is 4.74 Å². The van der Waals surface area contributed by atoms with E-state index in [1.54, 1.807) is 13.3 Å². The predicted molar refractivity (Wildman–Crippen MR) is 77.1 cm³/mol. The van der Waals surface area contributed by atoms with Crippen molar-refractivity contribution in [2.45, 2.75) is 6.42 Å². The standard InChI is InChI=1S/C14H15BrN2O/c1-18-14-5-4-12(9-13(14)15)17-8-6-11-3-2-7-16-10-11/h2-5,7,9-10,17H,6,8H2,1H3. The topological polar surface area (TPSA) is 34.1 Å². The Morgan fingerprint density at radius 2 is 2.22 bits per heavy atom. The molecule has 94 valence electrons. The average Bonchev–Trinajstić information content (AvgIpc) is 2.40. The average molecular weight is 307 g/mol. The zero-order valence-corrected chi connectivity index (χ0v) is 11.8. The highest BCUT2D eigenvalue weighted by molar-refractivity contribution is 9.10. The van der Waals surface area contributed by atoms with E-state index < -0.39 is 0 Å². The molecule has 0 unspecified atom stereocenters. The van der Waals surface area contributed by atoms with Gasteiger partial charge in [0.2, 0.25) is 0 Å². The van der Waals surface area contributed by atoms with E-state index >= 15 is 0 Å². The lowest BCUT2D eigenvalue weighted by Crippen LogP contribution is -2.05. The molecule has 0 aliphatic rings. The Morgan fingerprint density at radius 1 is 1.33 bits per heavy atom. The van der Waals surface area contributed by atoms with Crippen LogP contribution in [0.25, 0.3) is 0 Å². The van der Waals surface area contributed by atoms with E-state index in [1.165, 1.54) is 5.56 Å². The van der Waals surface area contributed by atoms with Crippen molar-refractivity contribution in [3.8, 4) is 5.75 Å². The van der Waals surface area contributed by atoms with Gasteiger partial charge in [-0.25, -0.2) is 0 Å². The minimum atomic E-state index is 0.841. The Bertz CT molecular complexity index is 502. The largest absolute Gasteiger partial charge is 0.496 e. The molecular weight excluding hydrogens is 292 g/mol. The summed E-state index contributed by atoms with van der Waals surface area (Å²) in [7, 11) is 1.66. The number of aromatic nitrogens is 1. The van der Waals surface area contributed by atoms with Gasteiger partial charge >= 0.3 is 0 Å². The maximum absolute atomic E-state index is 5.19. The van der Waals surface area contributed by atoms with Gasteiger partial charge in [0.05, 0.1) is 11.6 Å². The first kappa shape index (κ1) is 12.9. The third-order valence-electron chi connectivity index (χ3n) is 2.62. The fourth-order valence-electron chi connectivity index (χ4n) is 1.67. The summed E-state index contributed by atoms with van der Waals surface area (Å²) in [5.74, 6) is 0.841. The van der Waals surface area contributed by atoms with E-state index in [2.05, 4.69) is 32.3 Å². The fourth-order valence-corrected chi connectivity index (χ4v) is 2.21. The zero-order valence-electron chi connectivity index (χ0n) is 10.2. The third-order valence-corrected chi connectivity index (χ3v) is 3.24. The highest BCUT2D eigenvalue weighted by Crippen LogP contribution is 2.27. The molecule has 0 fully saturated rings. The van der Waals surface area contributed by atoms with Crippen LogP contribution in [-0.2, 0) is 6.42 Å². The van der Waals surface area contributed by atoms with Crippen LogP contribution in [0.5, 0.6) is 5.75 Å². The van der Waals surface area contributed by atoms with E-state index in [1.807, 2.05) is 30.5 Å². The Hall–Kier alpha value is -1.55. The van der Waals surface area contributed by atoms with Gasteiger partial charge in [0, 0.05) is 24.6 Å². The number of ether oxygens (including phenoxy) is 1. The number of rotatable bonds is 5. The molecule has 1 heterocycles. The van der Waals surface area contributed by atoms with Crippen LogP contribution in [0.3, 0.4) is 0 Å². The molecule has 0 aliphatic heterocycles. The number of benzene rings is 1. The first-order valence-corrected chi connectivity index (χ1v) is 6.55. The summed E-state index contributed by atoms with van der Waals surface area (Å²) in [5, 5.41) is 3.37. The molecule has 0 aliphatic carbocycles. The summed E-state index contributed by atoms with van der Waals surface area (Å²) >= 11 is 3.47. The Labute approximate surface area is 115 Å². The lowest BCUT2D eigenvalue weighted by Gasteiger charge is -2.09. The Balaban J connectivity index is 1.89. The lowest BCUT2D eigenvalue weighted by molar-refractivity contribution is 0.412. The quantitative estimate of drug-likeness (QED) is 0.918. The van der Waals surface area contributed by atoms with Crippen molar-refractivity contribution in [3.63, 3.8) is 0 Å². The Morgan fingerprint density at radius 3 is 2.89 bits per heavy atom. The van der Waals surface area contributed by atoms with E-state index in [0.29, 0.717) is 0 Å². The molecule has 2 aromatic rings. The van der Waals surface area contributed by atoms with Gasteiger partial charge in [-0.1, -0.05) is 6.07 Å². The van der Waals surface area contributed by atoms with Crippen LogP contribution in [0.15, 0.2) is 47.2 Å². The molecule has 18 heavy (non-hydrogen) atoms. The van der Waals surface area contributed by atoms with Gasteiger partial charge in [-0.3, -0.25) is 4.98 Å². The number of methoxy groups -OCH3 is 1. The van der Waals surface area contributed by atoms with E-state index in [0.717, 1.165) is 28.9 Å². The first-order valence-electron chi connectivity index (χ1n) is 5.76. The van der Waals surface area contributed by atoms with Gasteiger partial charge in [0.1, 0.15) is 5.75 Å². The number of anilines is 1. The normalized spacial score (nSPS) is 10.1. The van der Waals surface area contributed by atoms with E-state index in [4.69, 9.17) is 4.74 Å². The second-order valence-corrected chi connectivity index (χ2v) is 4.74. The summed E-state index contributed by atoms with van der Waals surface area (Å²) in [5.41, 5.74) is 2.31. The molecule has 0 saturated heterocycles. The third kappa shape index (κ3) is 3.47. The van der Waals surface area contributed by atoms with Crippen LogP contribution >= 0.6 is 15.9 Å². The van der Waals surface area contributed by atoms with Gasteiger partial charge < -0.3 is 10.1 Å². The molecular formula is C14H15BrN2O. The number of pyridine rings is 1.